The summed E-state index contributed by atoms with van der Waals surface area (Å²) in [6.07, 6.45) is 1.48. The van der Waals surface area contributed by atoms with Crippen molar-refractivity contribution in [1.29, 1.82) is 0 Å². The lowest BCUT2D eigenvalue weighted by molar-refractivity contribution is -0.117. The first-order chi connectivity index (χ1) is 11.0. The van der Waals surface area contributed by atoms with Crippen molar-refractivity contribution in [2.24, 2.45) is 0 Å². The third kappa shape index (κ3) is 3.51. The highest BCUT2D eigenvalue weighted by Crippen LogP contribution is 2.19. The van der Waals surface area contributed by atoms with Crippen molar-refractivity contribution >= 4 is 34.4 Å². The molecule has 0 radical (unpaired) electrons. The van der Waals surface area contributed by atoms with Crippen molar-refractivity contribution in [3.05, 3.63) is 30.3 Å². The highest BCUT2D eigenvalue weighted by Gasteiger charge is 2.09. The molecular formula is C14H14N6O3. The van der Waals surface area contributed by atoms with E-state index in [2.05, 4.69) is 25.9 Å². The fourth-order valence-corrected chi connectivity index (χ4v) is 2.08. The van der Waals surface area contributed by atoms with Crippen molar-refractivity contribution in [2.45, 2.75) is 20.4 Å². The van der Waals surface area contributed by atoms with Crippen LogP contribution < -0.4 is 10.6 Å². The summed E-state index contributed by atoms with van der Waals surface area (Å²) in [5.74, 6) is 0.336. The van der Waals surface area contributed by atoms with E-state index in [0.717, 1.165) is 0 Å². The summed E-state index contributed by atoms with van der Waals surface area (Å²) in [6, 6.07) is 5.21. The van der Waals surface area contributed by atoms with Gasteiger partial charge in [0.1, 0.15) is 12.1 Å². The van der Waals surface area contributed by atoms with E-state index in [4.69, 9.17) is 4.42 Å². The minimum Gasteiger partial charge on any atom is -0.441 e. The van der Waals surface area contributed by atoms with Gasteiger partial charge in [-0.05, 0) is 18.2 Å². The van der Waals surface area contributed by atoms with Gasteiger partial charge in [0.05, 0.1) is 6.20 Å². The maximum absolute atomic E-state index is 12.0. The van der Waals surface area contributed by atoms with Crippen LogP contribution in [0.5, 0.6) is 0 Å². The van der Waals surface area contributed by atoms with Crippen molar-refractivity contribution in [2.75, 3.05) is 10.6 Å². The van der Waals surface area contributed by atoms with Crippen LogP contribution in [0.2, 0.25) is 0 Å². The number of carbonyl (C=O) groups is 2. The summed E-state index contributed by atoms with van der Waals surface area (Å²) in [6.45, 7) is 3.10. The van der Waals surface area contributed by atoms with Crippen LogP contribution in [0.3, 0.4) is 0 Å². The molecule has 0 aliphatic carbocycles. The molecule has 9 nitrogen and oxygen atoms in total. The summed E-state index contributed by atoms with van der Waals surface area (Å²) in [4.78, 5) is 27.1. The Kier molecular flexibility index (Phi) is 3.75. The lowest BCUT2D eigenvalue weighted by atomic mass is 10.3. The van der Waals surface area contributed by atoms with Gasteiger partial charge in [-0.15, -0.1) is 5.10 Å². The molecule has 2 N–H and O–H groups in total. The molecule has 0 bridgehead atoms. The molecule has 118 valence electrons. The number of carbonyl (C=O) groups excluding carboxylic acids is 2. The van der Waals surface area contributed by atoms with Crippen molar-refractivity contribution in [1.82, 2.24) is 20.0 Å². The molecule has 2 amide bonds. The Labute approximate surface area is 130 Å². The zero-order valence-electron chi connectivity index (χ0n) is 12.5. The molecule has 9 heteroatoms. The molecule has 23 heavy (non-hydrogen) atoms. The molecule has 0 aliphatic rings. The van der Waals surface area contributed by atoms with Gasteiger partial charge in [-0.2, -0.15) is 0 Å². The Morgan fingerprint density at radius 3 is 2.91 bits per heavy atom. The van der Waals surface area contributed by atoms with Crippen LogP contribution in [0.25, 0.3) is 11.1 Å². The number of aromatic nitrogens is 4. The maximum Gasteiger partial charge on any atom is 0.246 e. The predicted octanol–water partition coefficient (Wildman–Crippen LogP) is 1.32. The molecule has 0 unspecified atom stereocenters. The number of rotatable bonds is 4. The van der Waals surface area contributed by atoms with E-state index < -0.39 is 0 Å². The normalized spacial score (nSPS) is 10.7. The quantitative estimate of drug-likeness (QED) is 0.750. The predicted molar refractivity (Wildman–Crippen MR) is 81.7 cm³/mol. The van der Waals surface area contributed by atoms with Gasteiger partial charge in [0.2, 0.25) is 11.8 Å². The molecular weight excluding hydrogens is 300 g/mol. The number of nitrogens with zero attached hydrogens (tertiary/aromatic N) is 4. The Hall–Kier alpha value is -3.23. The zero-order chi connectivity index (χ0) is 16.4. The largest absolute Gasteiger partial charge is 0.441 e. The molecule has 0 fully saturated rings. The summed E-state index contributed by atoms with van der Waals surface area (Å²) in [5.41, 5.74) is 1.95. The molecule has 0 saturated carbocycles. The van der Waals surface area contributed by atoms with Crippen LogP contribution in [0.4, 0.5) is 11.5 Å². The fourth-order valence-electron chi connectivity index (χ4n) is 2.08. The number of aryl methyl sites for hydroxylation is 1. The second-order valence-corrected chi connectivity index (χ2v) is 4.95. The Bertz CT molecular complexity index is 882. The molecule has 1 aromatic carbocycles. The lowest BCUT2D eigenvalue weighted by Gasteiger charge is -2.04. The molecule has 0 aliphatic heterocycles. The second-order valence-electron chi connectivity index (χ2n) is 4.95. The van der Waals surface area contributed by atoms with Gasteiger partial charge >= 0.3 is 0 Å². The zero-order valence-corrected chi connectivity index (χ0v) is 12.5. The van der Waals surface area contributed by atoms with Gasteiger partial charge in [0, 0.05) is 19.5 Å². The minimum absolute atomic E-state index is 0.0253. The van der Waals surface area contributed by atoms with E-state index in [1.165, 1.54) is 17.8 Å². The number of fused-ring (bicyclic) bond motifs is 1. The first-order valence-electron chi connectivity index (χ1n) is 6.84. The molecule has 3 aromatic rings. The number of amides is 2. The molecule has 3 rings (SSSR count). The molecule has 2 heterocycles. The van der Waals surface area contributed by atoms with Crippen LogP contribution in [0.1, 0.15) is 12.8 Å². The average Bonchev–Trinajstić information content (AvgIpc) is 3.03. The molecule has 0 saturated heterocycles. The summed E-state index contributed by atoms with van der Waals surface area (Å²) in [5, 5.41) is 12.7. The third-order valence-electron chi connectivity index (χ3n) is 2.93. The van der Waals surface area contributed by atoms with Crippen molar-refractivity contribution in [3.63, 3.8) is 0 Å². The van der Waals surface area contributed by atoms with Gasteiger partial charge in [-0.3, -0.25) is 9.59 Å². The molecule has 0 atom stereocenters. The van der Waals surface area contributed by atoms with Crippen molar-refractivity contribution < 1.29 is 14.0 Å². The monoisotopic (exact) mass is 314 g/mol. The summed E-state index contributed by atoms with van der Waals surface area (Å²) < 4.78 is 6.71. The van der Waals surface area contributed by atoms with Gasteiger partial charge in [0.15, 0.2) is 17.3 Å². The van der Waals surface area contributed by atoms with E-state index in [9.17, 15) is 9.59 Å². The Morgan fingerprint density at radius 1 is 1.30 bits per heavy atom. The van der Waals surface area contributed by atoms with Crippen LogP contribution in [0.15, 0.2) is 28.8 Å². The first kappa shape index (κ1) is 14.7. The smallest absolute Gasteiger partial charge is 0.246 e. The Balaban J connectivity index is 1.65. The van der Waals surface area contributed by atoms with Crippen LogP contribution >= 0.6 is 0 Å². The molecule has 0 spiro atoms. The lowest BCUT2D eigenvalue weighted by Crippen LogP contribution is -2.19. The number of nitrogens with one attached hydrogen (secondary N) is 2. The number of anilines is 2. The number of hydrogen-bond donors (Lipinski definition) is 2. The van der Waals surface area contributed by atoms with Gasteiger partial charge in [-0.1, -0.05) is 5.21 Å². The van der Waals surface area contributed by atoms with E-state index in [1.54, 1.807) is 25.1 Å². The van der Waals surface area contributed by atoms with Gasteiger partial charge in [0.25, 0.3) is 0 Å². The first-order valence-corrected chi connectivity index (χ1v) is 6.84. The molecule has 2 aromatic heterocycles. The second kappa shape index (κ2) is 5.87. The summed E-state index contributed by atoms with van der Waals surface area (Å²) >= 11 is 0. The number of oxazole rings is 1. The van der Waals surface area contributed by atoms with Gasteiger partial charge < -0.3 is 15.1 Å². The van der Waals surface area contributed by atoms with Gasteiger partial charge in [-0.25, -0.2) is 9.67 Å². The van der Waals surface area contributed by atoms with E-state index >= 15 is 0 Å². The SMILES string of the molecule is CC(=O)Nc1cn(CC(=O)Nc2ccc3oc(C)nc3c2)nn1. The third-order valence-corrected chi connectivity index (χ3v) is 2.93. The highest BCUT2D eigenvalue weighted by atomic mass is 16.3. The minimum atomic E-state index is -0.274. The van der Waals surface area contributed by atoms with Crippen LogP contribution in [0, 0.1) is 6.92 Å². The highest BCUT2D eigenvalue weighted by molar-refractivity contribution is 5.92. The Morgan fingerprint density at radius 2 is 2.13 bits per heavy atom. The summed E-state index contributed by atoms with van der Waals surface area (Å²) in [7, 11) is 0. The van der Waals surface area contributed by atoms with E-state index in [-0.39, 0.29) is 18.4 Å². The van der Waals surface area contributed by atoms with E-state index in [1.807, 2.05) is 0 Å². The number of hydrogen-bond acceptors (Lipinski definition) is 6. The maximum atomic E-state index is 12.0. The van der Waals surface area contributed by atoms with Crippen molar-refractivity contribution in [3.8, 4) is 0 Å². The standard InChI is InChI=1S/C14H14N6O3/c1-8(21)15-13-6-20(19-18-13)7-14(22)17-10-3-4-12-11(5-10)16-9(2)23-12/h3-6H,7H2,1-2H3,(H,15,21)(H,17,22). The van der Waals surface area contributed by atoms with E-state index in [0.29, 0.717) is 28.5 Å². The van der Waals surface area contributed by atoms with Crippen LogP contribution in [-0.4, -0.2) is 31.8 Å². The topological polar surface area (TPSA) is 115 Å². The average molecular weight is 314 g/mol. The fraction of sp³-hybridized carbons (Fsp3) is 0.214. The number of benzene rings is 1. The van der Waals surface area contributed by atoms with Crippen LogP contribution in [-0.2, 0) is 16.1 Å².